The predicted octanol–water partition coefficient (Wildman–Crippen LogP) is 2.22. The van der Waals surface area contributed by atoms with E-state index in [2.05, 4.69) is 31.3 Å². The van der Waals surface area contributed by atoms with Gasteiger partial charge in [-0.05, 0) is 30.6 Å². The molecule has 1 N–H and O–H groups in total. The molecule has 0 aromatic carbocycles. The molecule has 0 heterocycles. The smallest absolute Gasteiger partial charge is 0.254 e. The third-order valence-electron chi connectivity index (χ3n) is 2.75. The van der Waals surface area contributed by atoms with Gasteiger partial charge >= 0.3 is 0 Å². The molecule has 16 heavy (non-hydrogen) atoms. The third-order valence-corrected chi connectivity index (χ3v) is 2.75. The number of carbonyl (C=O) groups excluding carboxylic acids is 1. The van der Waals surface area contributed by atoms with Gasteiger partial charge in [-0.15, -0.1) is 0 Å². The molecule has 1 amide bonds. The summed E-state index contributed by atoms with van der Waals surface area (Å²) in [5, 5.41) is 12.5. The van der Waals surface area contributed by atoms with Crippen molar-refractivity contribution in [3.8, 4) is 6.07 Å². The van der Waals surface area contributed by atoms with E-state index in [0.717, 1.165) is 18.6 Å². The molecule has 0 aromatic heterocycles. The highest BCUT2D eigenvalue weighted by molar-refractivity contribution is 5.87. The number of nitrogens with one attached hydrogen (secondary N) is 1. The van der Waals surface area contributed by atoms with Crippen molar-refractivity contribution >= 4 is 11.6 Å². The van der Waals surface area contributed by atoms with Gasteiger partial charge in [0, 0.05) is 5.71 Å². The lowest BCUT2D eigenvalue weighted by Crippen LogP contribution is -2.30. The molecule has 0 aromatic rings. The van der Waals surface area contributed by atoms with Crippen LogP contribution in [0.25, 0.3) is 0 Å². The second-order valence-electron chi connectivity index (χ2n) is 5.40. The quantitative estimate of drug-likeness (QED) is 0.726. The molecule has 0 unspecified atom stereocenters. The van der Waals surface area contributed by atoms with E-state index >= 15 is 0 Å². The molecule has 88 valence electrons. The maximum atomic E-state index is 11.1. The van der Waals surface area contributed by atoms with Crippen molar-refractivity contribution in [2.75, 3.05) is 0 Å². The second kappa shape index (κ2) is 5.11. The maximum Gasteiger partial charge on any atom is 0.254 e. The Hall–Kier alpha value is -1.37. The summed E-state index contributed by atoms with van der Waals surface area (Å²) in [4.78, 5) is 11.1. The molecular formula is C12H19N3O. The van der Waals surface area contributed by atoms with Crippen LogP contribution < -0.4 is 5.43 Å². The molecule has 0 bridgehead atoms. The van der Waals surface area contributed by atoms with Gasteiger partial charge in [-0.2, -0.15) is 10.4 Å². The Balaban J connectivity index is 2.56. The molecule has 0 radical (unpaired) electrons. The van der Waals surface area contributed by atoms with Gasteiger partial charge in [-0.3, -0.25) is 4.79 Å². The van der Waals surface area contributed by atoms with Gasteiger partial charge in [0.05, 0.1) is 6.07 Å². The Labute approximate surface area is 96.7 Å². The van der Waals surface area contributed by atoms with Gasteiger partial charge in [-0.25, -0.2) is 5.43 Å². The van der Waals surface area contributed by atoms with Crippen molar-refractivity contribution < 1.29 is 4.79 Å². The molecule has 1 rings (SSSR count). The first-order valence-corrected chi connectivity index (χ1v) is 5.64. The van der Waals surface area contributed by atoms with Crippen LogP contribution in [0.5, 0.6) is 0 Å². The van der Waals surface area contributed by atoms with Crippen molar-refractivity contribution in [2.24, 2.45) is 16.4 Å². The standard InChI is InChI=1S/C12H19N3O/c1-9-6-10(8-12(2,3)7-9)14-15-11(16)4-5-13/h9H,4,6-8H2,1-3H3,(H,15,16)/b14-10+/t9-/m1/s1. The zero-order chi connectivity index (χ0) is 12.2. The van der Waals surface area contributed by atoms with Crippen LogP contribution in [0.1, 0.15) is 46.5 Å². The van der Waals surface area contributed by atoms with E-state index in [1.165, 1.54) is 6.42 Å². The van der Waals surface area contributed by atoms with Crippen molar-refractivity contribution in [1.82, 2.24) is 5.43 Å². The van der Waals surface area contributed by atoms with Crippen LogP contribution >= 0.6 is 0 Å². The topological polar surface area (TPSA) is 65.2 Å². The molecule has 4 heteroatoms. The zero-order valence-electron chi connectivity index (χ0n) is 10.2. The number of rotatable bonds is 2. The highest BCUT2D eigenvalue weighted by Crippen LogP contribution is 2.36. The van der Waals surface area contributed by atoms with E-state index in [9.17, 15) is 4.79 Å². The summed E-state index contributed by atoms with van der Waals surface area (Å²) in [6, 6.07) is 1.80. The first-order valence-electron chi connectivity index (χ1n) is 5.64. The van der Waals surface area contributed by atoms with E-state index in [-0.39, 0.29) is 17.7 Å². The van der Waals surface area contributed by atoms with Crippen molar-refractivity contribution in [3.05, 3.63) is 0 Å². The first kappa shape index (κ1) is 12.7. The second-order valence-corrected chi connectivity index (χ2v) is 5.40. The zero-order valence-corrected chi connectivity index (χ0v) is 10.2. The normalized spacial score (nSPS) is 26.1. The fourth-order valence-electron chi connectivity index (χ4n) is 2.45. The lowest BCUT2D eigenvalue weighted by molar-refractivity contribution is -0.120. The van der Waals surface area contributed by atoms with Gasteiger partial charge in [-0.1, -0.05) is 20.8 Å². The minimum Gasteiger partial charge on any atom is -0.272 e. The average molecular weight is 221 g/mol. The summed E-state index contributed by atoms with van der Waals surface area (Å²) in [5.74, 6) is 0.279. The van der Waals surface area contributed by atoms with Crippen molar-refractivity contribution in [3.63, 3.8) is 0 Å². The number of amides is 1. The number of hydrazone groups is 1. The van der Waals surface area contributed by atoms with Gasteiger partial charge in [0.15, 0.2) is 0 Å². The molecular weight excluding hydrogens is 202 g/mol. The molecule has 1 aliphatic rings. The molecule has 1 aliphatic carbocycles. The number of nitriles is 1. The molecule has 0 spiro atoms. The van der Waals surface area contributed by atoms with Crippen molar-refractivity contribution in [2.45, 2.75) is 46.5 Å². The van der Waals surface area contributed by atoms with Gasteiger partial charge < -0.3 is 0 Å². The molecule has 1 saturated carbocycles. The Morgan fingerprint density at radius 2 is 2.38 bits per heavy atom. The molecule has 1 atom stereocenters. The Kier molecular flexibility index (Phi) is 4.05. The van der Waals surface area contributed by atoms with E-state index < -0.39 is 0 Å². The van der Waals surface area contributed by atoms with Crippen LogP contribution in [0.15, 0.2) is 5.10 Å². The maximum absolute atomic E-state index is 11.1. The van der Waals surface area contributed by atoms with Crippen LogP contribution in [0.4, 0.5) is 0 Å². The minimum absolute atomic E-state index is 0.129. The van der Waals surface area contributed by atoms with E-state index in [4.69, 9.17) is 5.26 Å². The summed E-state index contributed by atoms with van der Waals surface area (Å²) in [5.41, 5.74) is 3.74. The van der Waals surface area contributed by atoms with E-state index in [0.29, 0.717) is 5.92 Å². The Bertz CT molecular complexity index is 339. The monoisotopic (exact) mass is 221 g/mol. The van der Waals surface area contributed by atoms with Crippen LogP contribution in [0.2, 0.25) is 0 Å². The summed E-state index contributed by atoms with van der Waals surface area (Å²) >= 11 is 0. The molecule has 0 aliphatic heterocycles. The van der Waals surface area contributed by atoms with E-state index in [1.54, 1.807) is 6.07 Å². The number of carbonyl (C=O) groups is 1. The molecule has 1 fully saturated rings. The first-order chi connectivity index (χ1) is 7.43. The highest BCUT2D eigenvalue weighted by Gasteiger charge is 2.29. The number of hydrogen-bond donors (Lipinski definition) is 1. The molecule has 0 saturated heterocycles. The molecule has 4 nitrogen and oxygen atoms in total. The SMILES string of the molecule is C[C@@H]1C/C(=N\NC(=O)CC#N)CC(C)(C)C1. The van der Waals surface area contributed by atoms with Gasteiger partial charge in [0.25, 0.3) is 5.91 Å². The predicted molar refractivity (Wildman–Crippen MR) is 62.6 cm³/mol. The lowest BCUT2D eigenvalue weighted by atomic mass is 9.72. The number of hydrogen-bond acceptors (Lipinski definition) is 3. The highest BCUT2D eigenvalue weighted by atomic mass is 16.2. The summed E-state index contributed by atoms with van der Waals surface area (Å²) in [6.45, 7) is 6.64. The van der Waals surface area contributed by atoms with Gasteiger partial charge in [0.1, 0.15) is 6.42 Å². The summed E-state index contributed by atoms with van der Waals surface area (Å²) in [7, 11) is 0. The van der Waals surface area contributed by atoms with Crippen LogP contribution in [-0.4, -0.2) is 11.6 Å². The lowest BCUT2D eigenvalue weighted by Gasteiger charge is -2.34. The summed E-state index contributed by atoms with van der Waals surface area (Å²) in [6.07, 6.45) is 2.92. The average Bonchev–Trinajstić information content (AvgIpc) is 2.12. The minimum atomic E-state index is -0.328. The van der Waals surface area contributed by atoms with Crippen molar-refractivity contribution in [1.29, 1.82) is 5.26 Å². The van der Waals surface area contributed by atoms with Crippen LogP contribution in [0, 0.1) is 22.7 Å². The Morgan fingerprint density at radius 1 is 1.69 bits per heavy atom. The van der Waals surface area contributed by atoms with Crippen LogP contribution in [-0.2, 0) is 4.79 Å². The van der Waals surface area contributed by atoms with Gasteiger partial charge in [0.2, 0.25) is 0 Å². The number of nitrogens with zero attached hydrogens (tertiary/aromatic N) is 2. The van der Waals surface area contributed by atoms with Crippen LogP contribution in [0.3, 0.4) is 0 Å². The fraction of sp³-hybridized carbons (Fsp3) is 0.750. The van der Waals surface area contributed by atoms with E-state index in [1.807, 2.05) is 0 Å². The largest absolute Gasteiger partial charge is 0.272 e. The fourth-order valence-corrected chi connectivity index (χ4v) is 2.45. The third kappa shape index (κ3) is 4.01. The Morgan fingerprint density at radius 3 is 2.94 bits per heavy atom. The summed E-state index contributed by atoms with van der Waals surface area (Å²) < 4.78 is 0.